The maximum atomic E-state index is 15.4. The van der Waals surface area contributed by atoms with Crippen LogP contribution in [-0.4, -0.2) is 17.0 Å². The third kappa shape index (κ3) is 7.33. The molecule has 338 valence electrons. The summed E-state index contributed by atoms with van der Waals surface area (Å²) < 4.78 is 296. The van der Waals surface area contributed by atoms with Gasteiger partial charge in [-0.05, 0) is 12.1 Å². The van der Waals surface area contributed by atoms with E-state index in [1.807, 2.05) is 59.3 Å². The van der Waals surface area contributed by atoms with E-state index in [2.05, 4.69) is 0 Å². The minimum Gasteiger partial charge on any atom is -0.507 e. The highest BCUT2D eigenvalue weighted by molar-refractivity contribution is 7.20. The summed E-state index contributed by atoms with van der Waals surface area (Å²) in [4.78, 5) is 12.3. The second-order valence-electron chi connectivity index (χ2n) is 13.4. The monoisotopic (exact) mass is 943 g/mol. The predicted molar refractivity (Wildman–Crippen MR) is 186 cm³/mol. The molecule has 3 nitrogen and oxygen atoms in total. The predicted octanol–water partition coefficient (Wildman–Crippen LogP) is 8.56. The maximum Gasteiger partial charge on any atom is 0.227 e. The number of fused-ring (bicyclic) bond motifs is 1. The van der Waals surface area contributed by atoms with E-state index in [0.29, 0.717) is 5.56 Å². The number of aromatic nitrogens is 1. The fourth-order valence-electron chi connectivity index (χ4n) is 7.17. The smallest absolute Gasteiger partial charge is 0.227 e. The van der Waals surface area contributed by atoms with E-state index < -0.39 is 144 Å². The van der Waals surface area contributed by atoms with Crippen molar-refractivity contribution in [3.8, 4) is 5.75 Å². The lowest BCUT2D eigenvalue weighted by Gasteiger charge is -2.44. The molecule has 1 heterocycles. The molecule has 0 aliphatic carbocycles. The van der Waals surface area contributed by atoms with E-state index in [0.717, 1.165) is 10.9 Å². The van der Waals surface area contributed by atoms with Crippen molar-refractivity contribution in [2.24, 2.45) is 0 Å². The Bertz CT molecular complexity index is 2730. The SMILES string of the molecule is Fc1c(F)c(F)c([B-](c2c(F)c(F)c(F)c(F)c2F)(c2c(F)c(F)c(F)c(F)c2F)c2c(F)c(F)c(F)c(F)c2F)c(F)c1F.O=C(C[n+]1cccc2c(O)cccc21)c1ccccc1. The van der Waals surface area contributed by atoms with Gasteiger partial charge in [-0.3, -0.25) is 4.79 Å². The number of nitrogens with zero attached hydrogens (tertiary/aromatic N) is 1. The van der Waals surface area contributed by atoms with Crippen LogP contribution in [0.1, 0.15) is 10.4 Å². The average Bonchev–Trinajstić information content (AvgIpc) is 3.29. The number of phenolic OH excluding ortho intramolecular Hbond substituents is 1. The Morgan fingerprint density at radius 1 is 0.385 bits per heavy atom. The number of carbonyl (C=O) groups excluding carboxylic acids is 1. The standard InChI is InChI=1S/C24BF20.C17H13NO2/c26-5-1(6(27)14(35)21(42)13(5)34)25(2-7(28)15(36)22(43)16(37)8(2)29,3-9(30)17(38)23(44)18(39)10(3)31)4-11(32)19(40)24(45)20(41)12(4)33;19-16-10-4-9-15-14(16)8-5-11-18(15)12-17(20)13-6-2-1-3-7-13/h;1-11H,12H2/q-1;/p+1. The Morgan fingerprint density at radius 2 is 0.692 bits per heavy atom. The number of rotatable bonds is 7. The van der Waals surface area contributed by atoms with E-state index in [-0.39, 0.29) is 18.1 Å². The first kappa shape index (κ1) is 47.3. The molecule has 7 aromatic rings. The lowest BCUT2D eigenvalue weighted by atomic mass is 9.12. The first-order valence-corrected chi connectivity index (χ1v) is 17.4. The molecule has 1 N–H and O–H groups in total. The van der Waals surface area contributed by atoms with Crippen molar-refractivity contribution in [2.45, 2.75) is 6.54 Å². The number of hydrogen-bond acceptors (Lipinski definition) is 2. The fourth-order valence-corrected chi connectivity index (χ4v) is 7.17. The van der Waals surface area contributed by atoms with E-state index in [9.17, 15) is 62.6 Å². The molecule has 1 aromatic heterocycles. The molecule has 7 rings (SSSR count). The lowest BCUT2D eigenvalue weighted by molar-refractivity contribution is -0.657. The Balaban J connectivity index is 0.000000289. The zero-order chi connectivity index (χ0) is 48.3. The molecular weight excluding hydrogens is 929 g/mol. The minimum absolute atomic E-state index is 0.0476. The fraction of sp³-hybridized carbons (Fsp3) is 0.0244. The molecule has 0 aliphatic heterocycles. The van der Waals surface area contributed by atoms with Crippen LogP contribution in [0.3, 0.4) is 0 Å². The molecule has 0 saturated heterocycles. The average molecular weight is 943 g/mol. The van der Waals surface area contributed by atoms with Crippen molar-refractivity contribution >= 4 is 44.7 Å². The van der Waals surface area contributed by atoms with Crippen LogP contribution in [0.2, 0.25) is 0 Å². The van der Waals surface area contributed by atoms with Gasteiger partial charge in [0, 0.05) is 17.7 Å². The highest BCUT2D eigenvalue weighted by Gasteiger charge is 2.52. The lowest BCUT2D eigenvalue weighted by Crippen LogP contribution is -2.81. The summed E-state index contributed by atoms with van der Waals surface area (Å²) in [5.41, 5.74) is -12.8. The van der Waals surface area contributed by atoms with Crippen LogP contribution in [0, 0.1) is 116 Å². The van der Waals surface area contributed by atoms with Crippen LogP contribution in [0.5, 0.6) is 5.75 Å². The van der Waals surface area contributed by atoms with E-state index >= 15 is 35.1 Å². The van der Waals surface area contributed by atoms with Crippen LogP contribution in [-0.2, 0) is 6.54 Å². The summed E-state index contributed by atoms with van der Waals surface area (Å²) in [7, 11) is 0. The Labute approximate surface area is 347 Å². The van der Waals surface area contributed by atoms with Crippen molar-refractivity contribution < 1.29 is 102 Å². The van der Waals surface area contributed by atoms with Crippen LogP contribution >= 0.6 is 0 Å². The molecule has 0 atom stereocenters. The summed E-state index contributed by atoms with van der Waals surface area (Å²) in [6.45, 7) is 0.255. The Kier molecular flexibility index (Phi) is 12.7. The number of phenols is 1. The molecule has 24 heteroatoms. The van der Waals surface area contributed by atoms with Crippen LogP contribution in [0.4, 0.5) is 87.8 Å². The normalized spacial score (nSPS) is 11.6. The van der Waals surface area contributed by atoms with Crippen molar-refractivity contribution in [1.82, 2.24) is 0 Å². The van der Waals surface area contributed by atoms with E-state index in [4.69, 9.17) is 0 Å². The van der Waals surface area contributed by atoms with Gasteiger partial charge in [0.25, 0.3) is 0 Å². The quantitative estimate of drug-likeness (QED) is 0.0435. The number of aromatic hydroxyl groups is 1. The summed E-state index contributed by atoms with van der Waals surface area (Å²) >= 11 is 0. The van der Waals surface area contributed by atoms with Gasteiger partial charge in [0.2, 0.25) is 17.8 Å². The highest BCUT2D eigenvalue weighted by atomic mass is 19.2. The second kappa shape index (κ2) is 17.4. The Hall–Kier alpha value is -7.14. The van der Waals surface area contributed by atoms with Gasteiger partial charge >= 0.3 is 0 Å². The first-order chi connectivity index (χ1) is 30.5. The van der Waals surface area contributed by atoms with Gasteiger partial charge in [-0.15, -0.1) is 21.9 Å². The molecule has 0 fully saturated rings. The van der Waals surface area contributed by atoms with Gasteiger partial charge < -0.3 is 5.11 Å². The van der Waals surface area contributed by atoms with Gasteiger partial charge in [-0.25, -0.2) is 87.8 Å². The maximum absolute atomic E-state index is 15.4. The van der Waals surface area contributed by atoms with Crippen molar-refractivity contribution in [3.63, 3.8) is 0 Å². The molecule has 0 aliphatic rings. The van der Waals surface area contributed by atoms with E-state index in [1.54, 1.807) is 12.1 Å². The van der Waals surface area contributed by atoms with Gasteiger partial charge in [0.15, 0.2) is 76.0 Å². The number of hydrogen-bond donors (Lipinski definition) is 1. The molecule has 0 radical (unpaired) electrons. The number of carbonyl (C=O) groups is 1. The van der Waals surface area contributed by atoms with Gasteiger partial charge in [-0.1, -0.05) is 36.4 Å². The van der Waals surface area contributed by atoms with Crippen molar-refractivity contribution in [2.75, 3.05) is 0 Å². The molecule has 6 aromatic carbocycles. The number of benzene rings is 6. The summed E-state index contributed by atoms with van der Waals surface area (Å²) in [5.74, 6) is -71.1. The highest BCUT2D eigenvalue weighted by Crippen LogP contribution is 2.31. The number of halogens is 20. The topological polar surface area (TPSA) is 41.2 Å². The molecule has 0 saturated carbocycles. The number of pyridine rings is 1. The molecule has 65 heavy (non-hydrogen) atoms. The minimum atomic E-state index is -7.22. The van der Waals surface area contributed by atoms with E-state index in [1.165, 1.54) is 0 Å². The van der Waals surface area contributed by atoms with Gasteiger partial charge in [-0.2, -0.15) is 4.57 Å². The zero-order valence-electron chi connectivity index (χ0n) is 31.0. The van der Waals surface area contributed by atoms with Crippen LogP contribution in [0.25, 0.3) is 10.9 Å². The largest absolute Gasteiger partial charge is 0.507 e. The third-order valence-electron chi connectivity index (χ3n) is 10.0. The summed E-state index contributed by atoms with van der Waals surface area (Å²) in [6.07, 6.45) is -5.37. The number of Topliss-reactive ketones (excluding diaryl/α,β-unsaturated/α-hetero) is 1. The van der Waals surface area contributed by atoms with Crippen LogP contribution < -0.4 is 26.4 Å². The Morgan fingerprint density at radius 3 is 1.02 bits per heavy atom. The third-order valence-corrected chi connectivity index (χ3v) is 10.0. The van der Waals surface area contributed by atoms with Crippen molar-refractivity contribution in [3.05, 3.63) is 189 Å². The molecule has 0 amide bonds. The molecule has 0 spiro atoms. The molecule has 0 unspecified atom stereocenters. The first-order valence-electron chi connectivity index (χ1n) is 17.4. The molecular formula is C41H14BF20NO2. The molecule has 0 bridgehead atoms. The number of ketones is 1. The zero-order valence-corrected chi connectivity index (χ0v) is 31.0. The second-order valence-corrected chi connectivity index (χ2v) is 13.4. The van der Waals surface area contributed by atoms with Crippen molar-refractivity contribution in [1.29, 1.82) is 0 Å². The van der Waals surface area contributed by atoms with Gasteiger partial charge in [0.1, 0.15) is 58.4 Å². The summed E-state index contributed by atoms with van der Waals surface area (Å²) in [6, 6.07) is 18.2. The van der Waals surface area contributed by atoms with Crippen LogP contribution in [0.15, 0.2) is 66.9 Å². The van der Waals surface area contributed by atoms with Gasteiger partial charge in [0.05, 0.1) is 5.39 Å². The summed E-state index contributed by atoms with van der Waals surface area (Å²) in [5, 5.41) is 10.6.